The normalized spacial score (nSPS) is 24.6. The lowest BCUT2D eigenvalue weighted by Crippen LogP contribution is -2.50. The molecule has 0 bridgehead atoms. The Morgan fingerprint density at radius 1 is 1.19 bits per heavy atom. The first-order chi connectivity index (χ1) is 13.0. The van der Waals surface area contributed by atoms with E-state index in [0.717, 1.165) is 28.2 Å². The van der Waals surface area contributed by atoms with Gasteiger partial charge in [0.1, 0.15) is 11.7 Å². The molecule has 27 heavy (non-hydrogen) atoms. The average molecular weight is 366 g/mol. The predicted octanol–water partition coefficient (Wildman–Crippen LogP) is 4.09. The fourth-order valence-electron chi connectivity index (χ4n) is 4.17. The van der Waals surface area contributed by atoms with Crippen molar-refractivity contribution in [3.63, 3.8) is 0 Å². The van der Waals surface area contributed by atoms with Crippen LogP contribution < -0.4 is 4.74 Å². The summed E-state index contributed by atoms with van der Waals surface area (Å²) in [5, 5.41) is 11.4. The van der Waals surface area contributed by atoms with Crippen molar-refractivity contribution in [2.75, 3.05) is 6.61 Å². The largest absolute Gasteiger partial charge is 0.479 e. The smallest absolute Gasteiger partial charge is 0.180 e. The van der Waals surface area contributed by atoms with Crippen molar-refractivity contribution < 1.29 is 14.6 Å². The van der Waals surface area contributed by atoms with E-state index in [2.05, 4.69) is 0 Å². The second-order valence-corrected chi connectivity index (χ2v) is 7.10. The lowest BCUT2D eigenvalue weighted by molar-refractivity contribution is -0.175. The number of hydrogen-bond donors (Lipinski definition) is 1. The number of aliphatic hydroxyl groups excluding tert-OH is 1. The molecule has 0 amide bonds. The van der Waals surface area contributed by atoms with E-state index in [0.29, 0.717) is 18.8 Å². The number of nitrogens with zero attached hydrogens (tertiary/aromatic N) is 2. The van der Waals surface area contributed by atoms with E-state index >= 15 is 0 Å². The van der Waals surface area contributed by atoms with Crippen LogP contribution in [0.2, 0.25) is 0 Å². The fraction of sp³-hybridized carbons (Fsp3) is 0.409. The molecule has 3 aromatic rings. The minimum absolute atomic E-state index is 0.503. The minimum Gasteiger partial charge on any atom is -0.479 e. The summed E-state index contributed by atoms with van der Waals surface area (Å²) < 4.78 is 14.7. The van der Waals surface area contributed by atoms with Crippen molar-refractivity contribution in [3.8, 4) is 5.75 Å². The molecule has 1 aliphatic rings. The Hall–Kier alpha value is -2.37. The molecule has 3 heterocycles. The topological polar surface area (TPSA) is 56.0 Å². The van der Waals surface area contributed by atoms with Crippen molar-refractivity contribution in [2.24, 2.45) is 0 Å². The summed E-state index contributed by atoms with van der Waals surface area (Å²) in [5.74, 6) is 0.697. The van der Waals surface area contributed by atoms with Gasteiger partial charge in [0.15, 0.2) is 17.5 Å². The quantitative estimate of drug-likeness (QED) is 0.756. The van der Waals surface area contributed by atoms with Crippen LogP contribution in [0.25, 0.3) is 5.65 Å². The molecule has 1 aromatic carbocycles. The highest BCUT2D eigenvalue weighted by Crippen LogP contribution is 2.50. The lowest BCUT2D eigenvalue weighted by atomic mass is 9.79. The zero-order valence-electron chi connectivity index (χ0n) is 16.3. The van der Waals surface area contributed by atoms with Crippen LogP contribution in [0.3, 0.4) is 0 Å². The molecule has 142 valence electrons. The number of pyridine rings is 1. The van der Waals surface area contributed by atoms with E-state index in [1.165, 1.54) is 0 Å². The summed E-state index contributed by atoms with van der Waals surface area (Å²) in [7, 11) is 0. The van der Waals surface area contributed by atoms with Crippen LogP contribution in [-0.2, 0) is 10.3 Å². The molecule has 0 aliphatic carbocycles. The average Bonchev–Trinajstić information content (AvgIpc) is 2.99. The second kappa shape index (κ2) is 6.66. The van der Waals surface area contributed by atoms with Crippen LogP contribution in [0.5, 0.6) is 5.75 Å². The van der Waals surface area contributed by atoms with Crippen molar-refractivity contribution in [3.05, 3.63) is 65.1 Å². The van der Waals surface area contributed by atoms with Crippen LogP contribution in [0, 0.1) is 13.8 Å². The highest BCUT2D eigenvalue weighted by atomic mass is 16.5. The highest BCUT2D eigenvalue weighted by molar-refractivity contribution is 5.63. The molecule has 1 N–H and O–H groups in total. The number of hydrogen-bond acceptors (Lipinski definition) is 4. The molecule has 0 spiro atoms. The van der Waals surface area contributed by atoms with E-state index in [1.807, 2.05) is 74.7 Å². The number of aryl methyl sites for hydroxylation is 2. The Labute approximate surface area is 159 Å². The molecule has 5 heteroatoms. The molecule has 4 rings (SSSR count). The molecule has 0 saturated carbocycles. The number of aromatic nitrogens is 2. The summed E-state index contributed by atoms with van der Waals surface area (Å²) in [6.45, 7) is 8.55. The first kappa shape index (κ1) is 18.0. The minimum atomic E-state index is -0.835. The third kappa shape index (κ3) is 2.57. The van der Waals surface area contributed by atoms with Gasteiger partial charge in [-0.25, -0.2) is 4.98 Å². The Kier molecular flexibility index (Phi) is 4.44. The summed E-state index contributed by atoms with van der Waals surface area (Å²) >= 11 is 0. The number of fused-ring (bicyclic) bond motifs is 3. The summed E-state index contributed by atoms with van der Waals surface area (Å²) in [6.07, 6.45) is 1.29. The van der Waals surface area contributed by atoms with Crippen LogP contribution >= 0.6 is 0 Å². The van der Waals surface area contributed by atoms with Gasteiger partial charge in [0, 0.05) is 24.1 Å². The van der Waals surface area contributed by atoms with E-state index in [9.17, 15) is 5.11 Å². The Morgan fingerprint density at radius 2 is 1.93 bits per heavy atom. The number of aliphatic hydroxyl groups is 1. The van der Waals surface area contributed by atoms with Gasteiger partial charge in [0.25, 0.3) is 0 Å². The van der Waals surface area contributed by atoms with Crippen molar-refractivity contribution in [1.29, 1.82) is 0 Å². The maximum atomic E-state index is 11.4. The predicted molar refractivity (Wildman–Crippen MR) is 104 cm³/mol. The first-order valence-corrected chi connectivity index (χ1v) is 9.55. The number of benzene rings is 1. The van der Waals surface area contributed by atoms with Gasteiger partial charge in [0.2, 0.25) is 0 Å². The molecule has 0 radical (unpaired) electrons. The summed E-state index contributed by atoms with van der Waals surface area (Å²) in [6, 6.07) is 11.8. The van der Waals surface area contributed by atoms with Gasteiger partial charge in [-0.3, -0.25) is 0 Å². The van der Waals surface area contributed by atoms with E-state index in [1.54, 1.807) is 0 Å². The Balaban J connectivity index is 1.99. The third-order valence-electron chi connectivity index (χ3n) is 5.75. The van der Waals surface area contributed by atoms with Gasteiger partial charge >= 0.3 is 0 Å². The first-order valence-electron chi connectivity index (χ1n) is 9.55. The van der Waals surface area contributed by atoms with Crippen LogP contribution in [-0.4, -0.2) is 27.2 Å². The van der Waals surface area contributed by atoms with Gasteiger partial charge < -0.3 is 19.0 Å². The van der Waals surface area contributed by atoms with Crippen molar-refractivity contribution in [2.45, 2.75) is 51.9 Å². The molecule has 3 atom stereocenters. The van der Waals surface area contributed by atoms with E-state index in [-0.39, 0.29) is 0 Å². The molecule has 0 fully saturated rings. The number of ether oxygens (including phenoxy) is 2. The maximum Gasteiger partial charge on any atom is 0.180 e. The Bertz CT molecular complexity index is 967. The fourth-order valence-corrected chi connectivity index (χ4v) is 4.17. The van der Waals surface area contributed by atoms with E-state index < -0.39 is 17.8 Å². The molecule has 0 saturated heterocycles. The van der Waals surface area contributed by atoms with Gasteiger partial charge in [0.05, 0.1) is 5.69 Å². The molecular weight excluding hydrogens is 340 g/mol. The standard InChI is InChI=1S/C22H26N2O3/c1-5-22(26-6-2)17-12-13-24-15(4)14(3)23-21(24)19(17)27-18(20(22)25)16-10-8-7-9-11-16/h7-13,18,20,25H,5-6H2,1-4H3/t18-,20-,22+/m1/s1. The molecule has 2 aromatic heterocycles. The van der Waals surface area contributed by atoms with Crippen LogP contribution in [0.1, 0.15) is 48.9 Å². The zero-order valence-corrected chi connectivity index (χ0v) is 16.3. The highest BCUT2D eigenvalue weighted by Gasteiger charge is 2.51. The molecule has 0 unspecified atom stereocenters. The lowest BCUT2D eigenvalue weighted by Gasteiger charge is -2.45. The monoisotopic (exact) mass is 366 g/mol. The van der Waals surface area contributed by atoms with Crippen LogP contribution in [0.4, 0.5) is 0 Å². The summed E-state index contributed by atoms with van der Waals surface area (Å²) in [5.41, 5.74) is 3.77. The molecule has 5 nitrogen and oxygen atoms in total. The molecule has 1 aliphatic heterocycles. The second-order valence-electron chi connectivity index (χ2n) is 7.10. The Morgan fingerprint density at radius 3 is 2.59 bits per heavy atom. The summed E-state index contributed by atoms with van der Waals surface area (Å²) in [4.78, 5) is 4.74. The van der Waals surface area contributed by atoms with Crippen LogP contribution in [0.15, 0.2) is 42.6 Å². The van der Waals surface area contributed by atoms with Crippen molar-refractivity contribution in [1.82, 2.24) is 9.38 Å². The SMILES string of the molecule is CCO[C@@]1(CC)c2ccn3c(C)c(C)nc3c2O[C@H](c2ccccc2)[C@H]1O. The zero-order chi connectivity index (χ0) is 19.2. The van der Waals surface area contributed by atoms with Gasteiger partial charge in [-0.1, -0.05) is 37.3 Å². The number of imidazole rings is 1. The molecular formula is C22H26N2O3. The van der Waals surface area contributed by atoms with E-state index in [4.69, 9.17) is 14.5 Å². The number of rotatable bonds is 4. The maximum absolute atomic E-state index is 11.4. The van der Waals surface area contributed by atoms with Crippen molar-refractivity contribution >= 4 is 5.65 Å². The van der Waals surface area contributed by atoms with Gasteiger partial charge in [-0.15, -0.1) is 0 Å². The van der Waals surface area contributed by atoms with Gasteiger partial charge in [-0.2, -0.15) is 0 Å². The third-order valence-corrected chi connectivity index (χ3v) is 5.75. The van der Waals surface area contributed by atoms with Gasteiger partial charge in [-0.05, 0) is 38.8 Å².